The van der Waals surface area contributed by atoms with Gasteiger partial charge in [0.15, 0.2) is 5.69 Å². The average Bonchev–Trinajstić information content (AvgIpc) is 3.06. The fourth-order valence-electron chi connectivity index (χ4n) is 2.47. The summed E-state index contributed by atoms with van der Waals surface area (Å²) in [5, 5.41) is 2.32. The fourth-order valence-corrected chi connectivity index (χ4v) is 3.72. The Hall–Kier alpha value is -2.93. The Balaban J connectivity index is 2.10. The topological polar surface area (TPSA) is 116 Å². The van der Waals surface area contributed by atoms with Crippen molar-refractivity contribution in [3.8, 4) is 0 Å². The highest BCUT2D eigenvalue weighted by Gasteiger charge is 2.36. The Kier molecular flexibility index (Phi) is 5.60. The van der Waals surface area contributed by atoms with Crippen molar-refractivity contribution in [2.24, 2.45) is 0 Å². The molecule has 30 heavy (non-hydrogen) atoms. The molecule has 3 rings (SSSR count). The summed E-state index contributed by atoms with van der Waals surface area (Å²) >= 11 is 6.01. The van der Waals surface area contributed by atoms with Gasteiger partial charge in [-0.15, -0.1) is 5.10 Å². The predicted octanol–water partition coefficient (Wildman–Crippen LogP) is 3.08. The summed E-state index contributed by atoms with van der Waals surface area (Å²) in [6.45, 7) is 2.88. The molecule has 0 bridgehead atoms. The lowest BCUT2D eigenvalue weighted by Gasteiger charge is -2.12. The first-order chi connectivity index (χ1) is 13.9. The predicted molar refractivity (Wildman–Crippen MR) is 98.7 cm³/mol. The van der Waals surface area contributed by atoms with Gasteiger partial charge in [0.25, 0.3) is 21.0 Å². The van der Waals surface area contributed by atoms with Crippen LogP contribution in [0.4, 0.5) is 18.9 Å². The van der Waals surface area contributed by atoms with Crippen molar-refractivity contribution in [3.05, 3.63) is 46.2 Å². The van der Waals surface area contributed by atoms with Crippen LogP contribution in [0.15, 0.2) is 29.4 Å². The lowest BCUT2D eigenvalue weighted by Crippen LogP contribution is -2.18. The van der Waals surface area contributed by atoms with E-state index in [4.69, 9.17) is 16.3 Å². The number of ether oxygens (including phenoxy) is 1. The smallest absolute Gasteiger partial charge is 0.433 e. The number of sulfonamides is 1. The third kappa shape index (κ3) is 4.16. The standard InChI is InChI=1S/C16H13ClF3N5O4S/c1-3-29-13(26)9-5-4-6-10(17)12(9)24-30(27,28)15-22-14-21-8(2)7-11(16(18,19)20)25(14)23-15/h4-7,24H,3H2,1-2H3. The van der Waals surface area contributed by atoms with Gasteiger partial charge in [-0.05, 0) is 32.0 Å². The number of halogens is 4. The number of aromatic nitrogens is 4. The molecule has 0 aliphatic rings. The number of esters is 1. The van der Waals surface area contributed by atoms with Crippen molar-refractivity contribution in [1.82, 2.24) is 19.6 Å². The zero-order valence-electron chi connectivity index (χ0n) is 15.4. The molecule has 0 spiro atoms. The van der Waals surface area contributed by atoms with Gasteiger partial charge >= 0.3 is 12.1 Å². The van der Waals surface area contributed by atoms with E-state index in [0.29, 0.717) is 6.07 Å². The molecule has 0 amide bonds. The Morgan fingerprint density at radius 2 is 2.00 bits per heavy atom. The summed E-state index contributed by atoms with van der Waals surface area (Å²) in [7, 11) is -4.64. The maximum atomic E-state index is 13.3. The van der Waals surface area contributed by atoms with E-state index in [-0.39, 0.29) is 33.1 Å². The maximum absolute atomic E-state index is 13.3. The lowest BCUT2D eigenvalue weighted by molar-refractivity contribution is -0.142. The quantitative estimate of drug-likeness (QED) is 0.578. The largest absolute Gasteiger partial charge is 0.462 e. The second kappa shape index (κ2) is 7.72. The van der Waals surface area contributed by atoms with E-state index in [1.807, 2.05) is 4.72 Å². The molecule has 0 saturated carbocycles. The Morgan fingerprint density at radius 3 is 2.63 bits per heavy atom. The molecule has 1 aromatic carbocycles. The van der Waals surface area contributed by atoms with Gasteiger partial charge in [-0.25, -0.2) is 9.78 Å². The minimum absolute atomic E-state index is 0.0246. The molecule has 14 heteroatoms. The Morgan fingerprint density at radius 1 is 1.30 bits per heavy atom. The number of nitrogens with zero attached hydrogens (tertiary/aromatic N) is 4. The molecule has 0 fully saturated rings. The van der Waals surface area contributed by atoms with Crippen molar-refractivity contribution >= 4 is 39.1 Å². The fraction of sp³-hybridized carbons (Fsp3) is 0.250. The number of carbonyl (C=O) groups excluding carboxylic acids is 1. The van der Waals surface area contributed by atoms with Crippen molar-refractivity contribution in [2.75, 3.05) is 11.3 Å². The highest BCUT2D eigenvalue weighted by molar-refractivity contribution is 7.92. The summed E-state index contributed by atoms with van der Waals surface area (Å²) in [6.07, 6.45) is -4.83. The molecular weight excluding hydrogens is 451 g/mol. The molecule has 9 nitrogen and oxygen atoms in total. The molecule has 0 radical (unpaired) electrons. The third-order valence-electron chi connectivity index (χ3n) is 3.70. The summed E-state index contributed by atoms with van der Waals surface area (Å²) in [5.74, 6) is -1.41. The first-order valence-electron chi connectivity index (χ1n) is 8.24. The van der Waals surface area contributed by atoms with Crippen LogP contribution < -0.4 is 4.72 Å². The van der Waals surface area contributed by atoms with Gasteiger partial charge < -0.3 is 4.74 Å². The number of nitrogens with one attached hydrogen (secondary N) is 1. The zero-order valence-corrected chi connectivity index (χ0v) is 16.9. The highest BCUT2D eigenvalue weighted by atomic mass is 35.5. The second-order valence-electron chi connectivity index (χ2n) is 5.88. The molecule has 0 atom stereocenters. The van der Waals surface area contributed by atoms with E-state index in [2.05, 4.69) is 15.1 Å². The van der Waals surface area contributed by atoms with Crippen LogP contribution in [0.25, 0.3) is 5.78 Å². The van der Waals surface area contributed by atoms with Crippen LogP contribution in [0, 0.1) is 6.92 Å². The summed E-state index contributed by atoms with van der Waals surface area (Å²) < 4.78 is 72.4. The summed E-state index contributed by atoms with van der Waals surface area (Å²) in [5.41, 5.74) is -1.79. The van der Waals surface area contributed by atoms with E-state index in [1.54, 1.807) is 6.92 Å². The van der Waals surface area contributed by atoms with Crippen LogP contribution in [0.5, 0.6) is 0 Å². The Bertz CT molecular complexity index is 1240. The molecular formula is C16H13ClF3N5O4S. The van der Waals surface area contributed by atoms with Gasteiger partial charge in [-0.3, -0.25) is 4.72 Å². The minimum atomic E-state index is -4.83. The first kappa shape index (κ1) is 21.8. The number of carbonyl (C=O) groups is 1. The number of anilines is 1. The van der Waals surface area contributed by atoms with Crippen LogP contribution in [0.3, 0.4) is 0 Å². The summed E-state index contributed by atoms with van der Waals surface area (Å²) in [6, 6.07) is 4.69. The van der Waals surface area contributed by atoms with Gasteiger partial charge in [0, 0.05) is 5.69 Å². The van der Waals surface area contributed by atoms with Crippen LogP contribution >= 0.6 is 11.6 Å². The van der Waals surface area contributed by atoms with Crippen molar-refractivity contribution in [3.63, 3.8) is 0 Å². The van der Waals surface area contributed by atoms with Gasteiger partial charge in [-0.1, -0.05) is 17.7 Å². The number of benzene rings is 1. The minimum Gasteiger partial charge on any atom is -0.462 e. The SMILES string of the molecule is CCOC(=O)c1cccc(Cl)c1NS(=O)(=O)c1nc2nc(C)cc(C(F)(F)F)n2n1. The van der Waals surface area contributed by atoms with Gasteiger partial charge in [-0.2, -0.15) is 31.1 Å². The monoisotopic (exact) mass is 463 g/mol. The Labute approximate surface area is 172 Å². The number of fused-ring (bicyclic) bond motifs is 1. The normalized spacial score (nSPS) is 12.2. The number of alkyl halides is 3. The first-order valence-corrected chi connectivity index (χ1v) is 10.1. The molecule has 0 saturated heterocycles. The van der Waals surface area contributed by atoms with Crippen LogP contribution in [-0.2, 0) is 20.9 Å². The number of hydrogen-bond donors (Lipinski definition) is 1. The average molecular weight is 464 g/mol. The summed E-state index contributed by atoms with van der Waals surface area (Å²) in [4.78, 5) is 19.5. The second-order valence-corrected chi connectivity index (χ2v) is 7.86. The third-order valence-corrected chi connectivity index (χ3v) is 5.14. The maximum Gasteiger partial charge on any atom is 0.433 e. The van der Waals surface area contributed by atoms with Gasteiger partial charge in [0.2, 0.25) is 0 Å². The lowest BCUT2D eigenvalue weighted by atomic mass is 10.2. The van der Waals surface area contributed by atoms with Gasteiger partial charge in [0.05, 0.1) is 22.9 Å². The van der Waals surface area contributed by atoms with E-state index in [1.165, 1.54) is 25.1 Å². The van der Waals surface area contributed by atoms with E-state index < -0.39 is 38.8 Å². The number of para-hydroxylation sites is 1. The van der Waals surface area contributed by atoms with Crippen molar-refractivity contribution < 1.29 is 31.1 Å². The zero-order chi connectivity index (χ0) is 22.3. The molecule has 3 aromatic rings. The molecule has 2 heterocycles. The van der Waals surface area contributed by atoms with E-state index in [9.17, 15) is 26.4 Å². The molecule has 0 aliphatic heterocycles. The number of hydrogen-bond acceptors (Lipinski definition) is 7. The van der Waals surface area contributed by atoms with E-state index >= 15 is 0 Å². The van der Waals surface area contributed by atoms with E-state index in [0.717, 1.165) is 0 Å². The number of aryl methyl sites for hydroxylation is 1. The van der Waals surface area contributed by atoms with Crippen LogP contribution in [0.2, 0.25) is 5.02 Å². The van der Waals surface area contributed by atoms with Crippen LogP contribution in [-0.4, -0.2) is 40.6 Å². The molecule has 1 N–H and O–H groups in total. The molecule has 0 aliphatic carbocycles. The molecule has 160 valence electrons. The van der Waals surface area contributed by atoms with Crippen LogP contribution in [0.1, 0.15) is 28.7 Å². The highest BCUT2D eigenvalue weighted by Crippen LogP contribution is 2.31. The molecule has 0 unspecified atom stereocenters. The number of rotatable bonds is 5. The van der Waals surface area contributed by atoms with Crippen molar-refractivity contribution in [1.29, 1.82) is 0 Å². The van der Waals surface area contributed by atoms with Crippen molar-refractivity contribution in [2.45, 2.75) is 25.2 Å². The molecule has 2 aromatic heterocycles. The van der Waals surface area contributed by atoms with Gasteiger partial charge in [0.1, 0.15) is 0 Å².